The molecule has 0 radical (unpaired) electrons. The van der Waals surface area contributed by atoms with Gasteiger partial charge in [-0.2, -0.15) is 4.98 Å². The third-order valence-corrected chi connectivity index (χ3v) is 2.85. The van der Waals surface area contributed by atoms with Gasteiger partial charge in [0.15, 0.2) is 11.8 Å². The van der Waals surface area contributed by atoms with Crippen molar-refractivity contribution in [1.82, 2.24) is 20.8 Å². The standard InChI is InChI=1S/C14H27N5O.HI/c1-6-15-14(17-11(4)8-7-10(2)3)16-9-13-18-12(5)19-20-13;/h10-11H,6-9H2,1-5H3,(H2,15,16,17);1H. The third-order valence-electron chi connectivity index (χ3n) is 2.85. The number of hydrogen-bond acceptors (Lipinski definition) is 4. The number of aliphatic imine (C=N–C) groups is 1. The van der Waals surface area contributed by atoms with Crippen molar-refractivity contribution < 1.29 is 4.52 Å². The van der Waals surface area contributed by atoms with E-state index in [4.69, 9.17) is 4.52 Å². The van der Waals surface area contributed by atoms with Gasteiger partial charge in [-0.1, -0.05) is 19.0 Å². The molecular weight excluding hydrogens is 381 g/mol. The minimum absolute atomic E-state index is 0. The van der Waals surface area contributed by atoms with Crippen molar-refractivity contribution in [3.63, 3.8) is 0 Å². The van der Waals surface area contributed by atoms with Gasteiger partial charge in [-0.3, -0.25) is 0 Å². The summed E-state index contributed by atoms with van der Waals surface area (Å²) in [5.41, 5.74) is 0. The Morgan fingerprint density at radius 1 is 1.29 bits per heavy atom. The maximum absolute atomic E-state index is 5.05. The number of nitrogens with one attached hydrogen (secondary N) is 2. The second kappa shape index (κ2) is 10.8. The fourth-order valence-electron chi connectivity index (χ4n) is 1.76. The van der Waals surface area contributed by atoms with Crippen LogP contribution in [-0.2, 0) is 6.54 Å². The van der Waals surface area contributed by atoms with Crippen LogP contribution in [0, 0.1) is 12.8 Å². The second-order valence-corrected chi connectivity index (χ2v) is 5.45. The van der Waals surface area contributed by atoms with E-state index in [2.05, 4.69) is 46.5 Å². The smallest absolute Gasteiger partial charge is 0.248 e. The quantitative estimate of drug-likeness (QED) is 0.412. The normalized spacial score (nSPS) is 13.0. The summed E-state index contributed by atoms with van der Waals surface area (Å²) in [6.45, 7) is 11.7. The number of nitrogens with zero attached hydrogens (tertiary/aromatic N) is 3. The van der Waals surface area contributed by atoms with Crippen molar-refractivity contribution in [1.29, 1.82) is 0 Å². The summed E-state index contributed by atoms with van der Waals surface area (Å²) in [6.07, 6.45) is 2.33. The molecule has 1 atom stereocenters. The van der Waals surface area contributed by atoms with Crippen LogP contribution in [0.2, 0.25) is 0 Å². The van der Waals surface area contributed by atoms with Crippen LogP contribution in [0.15, 0.2) is 9.52 Å². The van der Waals surface area contributed by atoms with Gasteiger partial charge in [-0.05, 0) is 39.5 Å². The molecule has 0 aliphatic heterocycles. The van der Waals surface area contributed by atoms with Gasteiger partial charge >= 0.3 is 0 Å². The van der Waals surface area contributed by atoms with Crippen molar-refractivity contribution >= 4 is 29.9 Å². The summed E-state index contributed by atoms with van der Waals surface area (Å²) >= 11 is 0. The first-order chi connectivity index (χ1) is 9.51. The number of aryl methyl sites for hydroxylation is 1. The van der Waals surface area contributed by atoms with Crippen molar-refractivity contribution in [3.8, 4) is 0 Å². The maximum Gasteiger partial charge on any atom is 0.248 e. The Labute approximate surface area is 144 Å². The Hall–Kier alpha value is -0.860. The van der Waals surface area contributed by atoms with Crippen LogP contribution in [0.5, 0.6) is 0 Å². The molecule has 0 saturated carbocycles. The third kappa shape index (κ3) is 8.90. The molecule has 1 rings (SSSR count). The minimum Gasteiger partial charge on any atom is -0.357 e. The highest BCUT2D eigenvalue weighted by Crippen LogP contribution is 2.06. The Kier molecular flexibility index (Phi) is 10.4. The molecule has 0 fully saturated rings. The van der Waals surface area contributed by atoms with Crippen molar-refractivity contribution in [2.75, 3.05) is 6.54 Å². The molecule has 2 N–H and O–H groups in total. The molecule has 21 heavy (non-hydrogen) atoms. The van der Waals surface area contributed by atoms with Gasteiger partial charge < -0.3 is 15.2 Å². The maximum atomic E-state index is 5.05. The lowest BCUT2D eigenvalue weighted by molar-refractivity contribution is 0.376. The Morgan fingerprint density at radius 2 is 2.00 bits per heavy atom. The van der Waals surface area contributed by atoms with E-state index in [1.807, 2.05) is 6.92 Å². The van der Waals surface area contributed by atoms with Crippen LogP contribution in [0.25, 0.3) is 0 Å². The van der Waals surface area contributed by atoms with Crippen LogP contribution in [0.3, 0.4) is 0 Å². The van der Waals surface area contributed by atoms with E-state index in [1.165, 1.54) is 6.42 Å². The molecule has 1 heterocycles. The first-order valence-electron chi connectivity index (χ1n) is 7.35. The largest absolute Gasteiger partial charge is 0.357 e. The molecule has 0 aromatic carbocycles. The average Bonchev–Trinajstić information content (AvgIpc) is 2.80. The monoisotopic (exact) mass is 409 g/mol. The zero-order chi connectivity index (χ0) is 15.0. The molecule has 0 aliphatic carbocycles. The summed E-state index contributed by atoms with van der Waals surface area (Å²) in [6, 6.07) is 0.389. The summed E-state index contributed by atoms with van der Waals surface area (Å²) < 4.78 is 5.05. The zero-order valence-electron chi connectivity index (χ0n) is 13.6. The van der Waals surface area contributed by atoms with Gasteiger partial charge in [0.05, 0.1) is 0 Å². The molecule has 0 saturated heterocycles. The van der Waals surface area contributed by atoms with E-state index in [9.17, 15) is 0 Å². The van der Waals surface area contributed by atoms with E-state index >= 15 is 0 Å². The highest BCUT2D eigenvalue weighted by molar-refractivity contribution is 14.0. The topological polar surface area (TPSA) is 75.3 Å². The second-order valence-electron chi connectivity index (χ2n) is 5.45. The minimum atomic E-state index is 0. The van der Waals surface area contributed by atoms with E-state index in [-0.39, 0.29) is 24.0 Å². The number of hydrogen-bond donors (Lipinski definition) is 2. The molecule has 0 aliphatic rings. The van der Waals surface area contributed by atoms with Crippen molar-refractivity contribution in [3.05, 3.63) is 11.7 Å². The van der Waals surface area contributed by atoms with E-state index in [0.29, 0.717) is 24.3 Å². The van der Waals surface area contributed by atoms with Gasteiger partial charge in [0, 0.05) is 12.6 Å². The summed E-state index contributed by atoms with van der Waals surface area (Å²) in [5.74, 6) is 2.69. The molecule has 6 nitrogen and oxygen atoms in total. The summed E-state index contributed by atoms with van der Waals surface area (Å²) in [4.78, 5) is 8.60. The van der Waals surface area contributed by atoms with Crippen LogP contribution in [-0.4, -0.2) is 28.7 Å². The molecule has 1 unspecified atom stereocenters. The van der Waals surface area contributed by atoms with Gasteiger partial charge in [-0.25, -0.2) is 4.99 Å². The highest BCUT2D eigenvalue weighted by Gasteiger charge is 2.07. The number of aromatic nitrogens is 2. The van der Waals surface area contributed by atoms with E-state index in [0.717, 1.165) is 24.8 Å². The molecule has 0 spiro atoms. The molecule has 1 aromatic heterocycles. The van der Waals surface area contributed by atoms with Crippen LogP contribution >= 0.6 is 24.0 Å². The molecule has 7 heteroatoms. The SMILES string of the molecule is CCNC(=NCc1nc(C)no1)NC(C)CCC(C)C.I. The fraction of sp³-hybridized carbons (Fsp3) is 0.786. The lowest BCUT2D eigenvalue weighted by Crippen LogP contribution is -2.42. The van der Waals surface area contributed by atoms with E-state index < -0.39 is 0 Å². The summed E-state index contributed by atoms with van der Waals surface area (Å²) in [5, 5.41) is 10.4. The number of halogens is 1. The zero-order valence-corrected chi connectivity index (χ0v) is 16.0. The number of rotatable bonds is 7. The van der Waals surface area contributed by atoms with Gasteiger partial charge in [0.1, 0.15) is 6.54 Å². The van der Waals surface area contributed by atoms with E-state index in [1.54, 1.807) is 6.92 Å². The molecule has 1 aromatic rings. The predicted molar refractivity (Wildman–Crippen MR) is 95.9 cm³/mol. The highest BCUT2D eigenvalue weighted by atomic mass is 127. The molecular formula is C14H28IN5O. The van der Waals surface area contributed by atoms with Gasteiger partial charge in [0.2, 0.25) is 5.89 Å². The average molecular weight is 409 g/mol. The van der Waals surface area contributed by atoms with Crippen molar-refractivity contribution in [2.45, 2.75) is 60.0 Å². The lowest BCUT2D eigenvalue weighted by Gasteiger charge is -2.18. The van der Waals surface area contributed by atoms with Gasteiger partial charge in [0.25, 0.3) is 0 Å². The Morgan fingerprint density at radius 3 is 2.52 bits per heavy atom. The van der Waals surface area contributed by atoms with Crippen LogP contribution in [0.1, 0.15) is 52.3 Å². The van der Waals surface area contributed by atoms with Crippen LogP contribution in [0.4, 0.5) is 0 Å². The Bertz CT molecular complexity index is 419. The predicted octanol–water partition coefficient (Wildman–Crippen LogP) is 2.88. The summed E-state index contributed by atoms with van der Waals surface area (Å²) in [7, 11) is 0. The number of guanidine groups is 1. The van der Waals surface area contributed by atoms with Gasteiger partial charge in [-0.15, -0.1) is 24.0 Å². The molecule has 0 bridgehead atoms. The Balaban J connectivity index is 0.00000400. The lowest BCUT2D eigenvalue weighted by atomic mass is 10.0. The molecule has 0 amide bonds. The van der Waals surface area contributed by atoms with Crippen molar-refractivity contribution in [2.24, 2.45) is 10.9 Å². The molecule has 122 valence electrons. The first-order valence-corrected chi connectivity index (χ1v) is 7.35. The first kappa shape index (κ1) is 20.1. The fourth-order valence-corrected chi connectivity index (χ4v) is 1.76. The van der Waals surface area contributed by atoms with Crippen LogP contribution < -0.4 is 10.6 Å².